The van der Waals surface area contributed by atoms with Crippen LogP contribution in [-0.2, 0) is 7.05 Å². The molecule has 0 atom stereocenters. The molecule has 2 aliphatic rings. The van der Waals surface area contributed by atoms with E-state index in [1.165, 1.54) is 12.8 Å². The van der Waals surface area contributed by atoms with E-state index < -0.39 is 0 Å². The molecule has 0 amide bonds. The first kappa shape index (κ1) is 13.1. The lowest BCUT2D eigenvalue weighted by Gasteiger charge is -2.37. The number of likely N-dealkylation sites (tertiary alicyclic amines) is 1. The molecule has 0 bridgehead atoms. The average molecular weight is 282 g/mol. The van der Waals surface area contributed by atoms with Crippen molar-refractivity contribution in [1.29, 1.82) is 0 Å². The molecule has 0 N–H and O–H groups in total. The molecule has 0 aromatic carbocycles. The lowest BCUT2D eigenvalue weighted by molar-refractivity contribution is 0.0616. The van der Waals surface area contributed by atoms with E-state index in [9.17, 15) is 4.79 Å². The lowest BCUT2D eigenvalue weighted by atomic mass is 9.88. The molecule has 4 nitrogen and oxygen atoms in total. The minimum absolute atomic E-state index is 0.178. The molecular formula is C14H20ClN3O. The first-order valence-corrected chi connectivity index (χ1v) is 7.50. The first-order chi connectivity index (χ1) is 9.15. The predicted molar refractivity (Wildman–Crippen MR) is 74.6 cm³/mol. The number of hydrogen-bond donors (Lipinski definition) is 0. The fraction of sp³-hybridized carbons (Fsp3) is 0.714. The third-order valence-corrected chi connectivity index (χ3v) is 4.95. The van der Waals surface area contributed by atoms with Crippen LogP contribution in [0, 0.1) is 0 Å². The standard InChI is InChI=1S/C14H20ClN3O/c1-17-12(11(15)10-16-17)13(19)14(6-2-3-7-14)18-8-4-5-9-18/h10H,2-9H2,1H3. The maximum absolute atomic E-state index is 13.1. The number of carbonyl (C=O) groups is 1. The largest absolute Gasteiger partial charge is 0.291 e. The Morgan fingerprint density at radius 1 is 1.26 bits per heavy atom. The zero-order valence-corrected chi connectivity index (χ0v) is 12.1. The van der Waals surface area contributed by atoms with E-state index in [1.807, 2.05) is 0 Å². The van der Waals surface area contributed by atoms with Crippen LogP contribution in [0.15, 0.2) is 6.20 Å². The minimum atomic E-state index is -0.312. The molecule has 0 unspecified atom stereocenters. The van der Waals surface area contributed by atoms with Gasteiger partial charge in [0.2, 0.25) is 5.78 Å². The van der Waals surface area contributed by atoms with Crippen LogP contribution in [0.1, 0.15) is 49.0 Å². The number of carbonyl (C=O) groups excluding carboxylic acids is 1. The molecule has 104 valence electrons. The molecule has 3 rings (SSSR count). The van der Waals surface area contributed by atoms with E-state index in [0.29, 0.717) is 10.7 Å². The summed E-state index contributed by atoms with van der Waals surface area (Å²) in [4.78, 5) is 15.5. The van der Waals surface area contributed by atoms with E-state index in [-0.39, 0.29) is 11.3 Å². The Bertz CT molecular complexity index is 465. The number of aromatic nitrogens is 2. The second kappa shape index (κ2) is 4.91. The Morgan fingerprint density at radius 3 is 2.42 bits per heavy atom. The van der Waals surface area contributed by atoms with Crippen molar-refractivity contribution < 1.29 is 4.79 Å². The highest BCUT2D eigenvalue weighted by atomic mass is 35.5. The first-order valence-electron chi connectivity index (χ1n) is 7.12. The number of nitrogens with zero attached hydrogens (tertiary/aromatic N) is 3. The highest BCUT2D eigenvalue weighted by Crippen LogP contribution is 2.40. The molecule has 1 saturated heterocycles. The Morgan fingerprint density at radius 2 is 1.89 bits per heavy atom. The fourth-order valence-electron chi connectivity index (χ4n) is 3.68. The van der Waals surface area contributed by atoms with Crippen molar-refractivity contribution in [1.82, 2.24) is 14.7 Å². The van der Waals surface area contributed by atoms with Crippen molar-refractivity contribution in [3.05, 3.63) is 16.9 Å². The third-order valence-electron chi connectivity index (χ3n) is 4.67. The van der Waals surface area contributed by atoms with E-state index in [2.05, 4.69) is 10.00 Å². The summed E-state index contributed by atoms with van der Waals surface area (Å²) in [5.41, 5.74) is 0.268. The molecular weight excluding hydrogens is 262 g/mol. The van der Waals surface area contributed by atoms with Crippen LogP contribution in [0.5, 0.6) is 0 Å². The van der Waals surface area contributed by atoms with Gasteiger partial charge in [0.1, 0.15) is 5.69 Å². The van der Waals surface area contributed by atoms with E-state index in [1.54, 1.807) is 17.9 Å². The van der Waals surface area contributed by atoms with Gasteiger partial charge in [0.25, 0.3) is 0 Å². The van der Waals surface area contributed by atoms with Gasteiger partial charge in [-0.3, -0.25) is 14.4 Å². The summed E-state index contributed by atoms with van der Waals surface area (Å²) in [5, 5.41) is 4.60. The van der Waals surface area contributed by atoms with Crippen molar-refractivity contribution >= 4 is 17.4 Å². The maximum Gasteiger partial charge on any atom is 0.202 e. The summed E-state index contributed by atoms with van der Waals surface area (Å²) in [6.07, 6.45) is 8.18. The number of halogens is 1. The number of aryl methyl sites for hydroxylation is 1. The number of ketones is 1. The van der Waals surface area contributed by atoms with Crippen molar-refractivity contribution in [2.45, 2.75) is 44.1 Å². The molecule has 1 aromatic rings. The quantitative estimate of drug-likeness (QED) is 0.800. The maximum atomic E-state index is 13.1. The Kier molecular flexibility index (Phi) is 3.39. The van der Waals surface area contributed by atoms with Crippen LogP contribution in [0.3, 0.4) is 0 Å². The van der Waals surface area contributed by atoms with Gasteiger partial charge >= 0.3 is 0 Å². The molecule has 1 aliphatic carbocycles. The van der Waals surface area contributed by atoms with Gasteiger partial charge in [-0.2, -0.15) is 5.10 Å². The molecule has 1 saturated carbocycles. The molecule has 0 radical (unpaired) electrons. The summed E-state index contributed by atoms with van der Waals surface area (Å²) in [6, 6.07) is 0. The molecule has 2 fully saturated rings. The van der Waals surface area contributed by atoms with Gasteiger partial charge in [0.05, 0.1) is 16.8 Å². The fourth-order valence-corrected chi connectivity index (χ4v) is 3.93. The van der Waals surface area contributed by atoms with E-state index in [0.717, 1.165) is 38.8 Å². The zero-order chi connectivity index (χ0) is 13.5. The number of rotatable bonds is 3. The molecule has 0 spiro atoms. The van der Waals surface area contributed by atoms with Crippen LogP contribution in [0.4, 0.5) is 0 Å². The summed E-state index contributed by atoms with van der Waals surface area (Å²) in [6.45, 7) is 2.09. The average Bonchev–Trinajstić information content (AvgIpc) is 3.09. The number of hydrogen-bond acceptors (Lipinski definition) is 3. The van der Waals surface area contributed by atoms with Gasteiger partial charge in [0.15, 0.2) is 0 Å². The second-order valence-corrected chi connectivity index (χ2v) is 6.13. The minimum Gasteiger partial charge on any atom is -0.291 e. The molecule has 2 heterocycles. The van der Waals surface area contributed by atoms with Crippen LogP contribution in [0.25, 0.3) is 0 Å². The lowest BCUT2D eigenvalue weighted by Crippen LogP contribution is -2.52. The zero-order valence-electron chi connectivity index (χ0n) is 11.4. The predicted octanol–water partition coefficient (Wildman–Crippen LogP) is 2.66. The molecule has 5 heteroatoms. The Balaban J connectivity index is 1.98. The van der Waals surface area contributed by atoms with Crippen LogP contribution in [-0.4, -0.2) is 39.1 Å². The molecule has 1 aromatic heterocycles. The van der Waals surface area contributed by atoms with Gasteiger partial charge < -0.3 is 0 Å². The van der Waals surface area contributed by atoms with Gasteiger partial charge in [-0.1, -0.05) is 24.4 Å². The van der Waals surface area contributed by atoms with Crippen molar-refractivity contribution in [2.75, 3.05) is 13.1 Å². The van der Waals surface area contributed by atoms with Gasteiger partial charge in [-0.05, 0) is 38.8 Å². The second-order valence-electron chi connectivity index (χ2n) is 5.73. The normalized spacial score (nSPS) is 23.1. The van der Waals surface area contributed by atoms with Crippen LogP contribution >= 0.6 is 11.6 Å². The van der Waals surface area contributed by atoms with E-state index >= 15 is 0 Å². The van der Waals surface area contributed by atoms with Crippen molar-refractivity contribution in [3.8, 4) is 0 Å². The highest BCUT2D eigenvalue weighted by Gasteiger charge is 2.48. The highest BCUT2D eigenvalue weighted by molar-refractivity contribution is 6.34. The van der Waals surface area contributed by atoms with Crippen molar-refractivity contribution in [2.24, 2.45) is 7.05 Å². The number of Topliss-reactive ketones (excluding diaryl/α,β-unsaturated/α-hetero) is 1. The van der Waals surface area contributed by atoms with Gasteiger partial charge in [0, 0.05) is 7.05 Å². The summed E-state index contributed by atoms with van der Waals surface area (Å²) >= 11 is 6.16. The van der Waals surface area contributed by atoms with E-state index in [4.69, 9.17) is 11.6 Å². The Labute approximate surface area is 118 Å². The van der Waals surface area contributed by atoms with Crippen LogP contribution < -0.4 is 0 Å². The topological polar surface area (TPSA) is 38.1 Å². The summed E-state index contributed by atoms with van der Waals surface area (Å²) < 4.78 is 1.63. The smallest absolute Gasteiger partial charge is 0.202 e. The Hall–Kier alpha value is -0.870. The monoisotopic (exact) mass is 281 g/mol. The molecule has 19 heavy (non-hydrogen) atoms. The summed E-state index contributed by atoms with van der Waals surface area (Å²) in [7, 11) is 1.80. The SMILES string of the molecule is Cn1ncc(Cl)c1C(=O)C1(N2CCCC2)CCCC1. The molecule has 1 aliphatic heterocycles. The van der Waals surface area contributed by atoms with Gasteiger partial charge in [-0.15, -0.1) is 0 Å². The third kappa shape index (κ3) is 2.01. The summed E-state index contributed by atoms with van der Waals surface area (Å²) in [5.74, 6) is 0.178. The van der Waals surface area contributed by atoms with Crippen molar-refractivity contribution in [3.63, 3.8) is 0 Å². The van der Waals surface area contributed by atoms with Gasteiger partial charge in [-0.25, -0.2) is 0 Å². The van der Waals surface area contributed by atoms with Crippen LogP contribution in [0.2, 0.25) is 5.02 Å².